The lowest BCUT2D eigenvalue weighted by Crippen LogP contribution is -2.35. The molecule has 9 heavy (non-hydrogen) atoms. The monoisotopic (exact) mass is 135 g/mol. The summed E-state index contributed by atoms with van der Waals surface area (Å²) in [4.78, 5) is 10.2. The third-order valence-corrected chi connectivity index (χ3v) is 0.650. The molecular weight excluding hydrogens is 126 g/mol. The Morgan fingerprint density at radius 2 is 2.22 bits per heavy atom. The number of carbonyl (C=O) groups is 1. The molecule has 54 valence electrons. The summed E-state index contributed by atoms with van der Waals surface area (Å²) in [6.07, 6.45) is -2.03. The van der Waals surface area contributed by atoms with Crippen LogP contribution in [0.3, 0.4) is 0 Å². The Labute approximate surface area is 52.6 Å². The van der Waals surface area contributed by atoms with E-state index in [0.29, 0.717) is 0 Å². The second-order valence-corrected chi connectivity index (χ2v) is 1.22. The Hall–Kier alpha value is -0.810. The molecule has 0 aromatic rings. The number of rotatable bonds is 2. The van der Waals surface area contributed by atoms with E-state index in [1.165, 1.54) is 14.2 Å². The molecule has 5 heteroatoms. The molecule has 0 rings (SSSR count). The lowest BCUT2D eigenvalue weighted by atomic mass is 11.0. The van der Waals surface area contributed by atoms with Crippen LogP contribution >= 0.6 is 0 Å². The summed E-state index contributed by atoms with van der Waals surface area (Å²) in [6.45, 7) is 0. The summed E-state index contributed by atoms with van der Waals surface area (Å²) < 4.78 is 8.40. The van der Waals surface area contributed by atoms with Crippen molar-refractivity contribution < 1.29 is 19.4 Å². The molecule has 0 aliphatic heterocycles. The summed E-state index contributed by atoms with van der Waals surface area (Å²) in [6, 6.07) is 0. The molecule has 0 aromatic heterocycles. The van der Waals surface area contributed by atoms with Crippen molar-refractivity contribution in [3.63, 3.8) is 0 Å². The van der Waals surface area contributed by atoms with Crippen LogP contribution in [0.4, 0.5) is 4.79 Å². The molecule has 0 aromatic carbocycles. The van der Waals surface area contributed by atoms with Gasteiger partial charge in [0.15, 0.2) is 0 Å². The molecule has 5 nitrogen and oxygen atoms in total. The Morgan fingerprint density at radius 1 is 1.67 bits per heavy atom. The zero-order chi connectivity index (χ0) is 7.28. The molecule has 1 amide bonds. The number of methoxy groups -OCH3 is 2. The highest BCUT2D eigenvalue weighted by molar-refractivity contribution is 5.66. The molecule has 0 saturated heterocycles. The van der Waals surface area contributed by atoms with Crippen molar-refractivity contribution in [3.8, 4) is 0 Å². The number of amides is 1. The topological polar surface area (TPSA) is 67.8 Å². The van der Waals surface area contributed by atoms with E-state index >= 15 is 0 Å². The number of alkyl carbamates (subject to hydrolysis) is 1. The molecular formula is C4H9NO4. The van der Waals surface area contributed by atoms with Crippen molar-refractivity contribution in [1.29, 1.82) is 0 Å². The molecule has 0 bridgehead atoms. The maximum absolute atomic E-state index is 10.2. The first-order valence-electron chi connectivity index (χ1n) is 2.26. The maximum Gasteiger partial charge on any atom is 0.410 e. The molecule has 0 aliphatic carbocycles. The Balaban J connectivity index is 3.34. The maximum atomic E-state index is 10.2. The Bertz CT molecular complexity index is 94.6. The van der Waals surface area contributed by atoms with Crippen LogP contribution < -0.4 is 5.32 Å². The highest BCUT2D eigenvalue weighted by atomic mass is 16.6. The van der Waals surface area contributed by atoms with Gasteiger partial charge in [-0.3, -0.25) is 5.32 Å². The number of aliphatic hydroxyl groups is 1. The van der Waals surface area contributed by atoms with Gasteiger partial charge in [0.25, 0.3) is 0 Å². The van der Waals surface area contributed by atoms with Crippen molar-refractivity contribution >= 4 is 6.09 Å². The van der Waals surface area contributed by atoms with Gasteiger partial charge in [0.2, 0.25) is 6.41 Å². The van der Waals surface area contributed by atoms with Crippen molar-refractivity contribution in [1.82, 2.24) is 5.32 Å². The number of hydrogen-bond acceptors (Lipinski definition) is 4. The fraction of sp³-hybridized carbons (Fsp3) is 0.750. The van der Waals surface area contributed by atoms with E-state index in [1.54, 1.807) is 0 Å². The molecule has 1 unspecified atom stereocenters. The molecule has 0 heterocycles. The van der Waals surface area contributed by atoms with Crippen molar-refractivity contribution in [3.05, 3.63) is 0 Å². The van der Waals surface area contributed by atoms with E-state index in [4.69, 9.17) is 5.11 Å². The lowest BCUT2D eigenvalue weighted by Gasteiger charge is -2.07. The second-order valence-electron chi connectivity index (χ2n) is 1.22. The van der Waals surface area contributed by atoms with Crippen molar-refractivity contribution in [2.24, 2.45) is 0 Å². The predicted molar refractivity (Wildman–Crippen MR) is 28.6 cm³/mol. The largest absolute Gasteiger partial charge is 0.453 e. The van der Waals surface area contributed by atoms with Gasteiger partial charge in [0, 0.05) is 7.11 Å². The van der Waals surface area contributed by atoms with Crippen LogP contribution in [-0.4, -0.2) is 31.8 Å². The highest BCUT2D eigenvalue weighted by Gasteiger charge is 2.04. The standard InChI is InChI=1S/C4H9NO4/c1-8-3(6)5-4(7)9-2/h3,6H,1-2H3,(H,5,7). The number of aliphatic hydroxyl groups excluding tert-OH is 1. The SMILES string of the molecule is COC(=O)NC(O)OC. The van der Waals surface area contributed by atoms with Crippen LogP contribution in [0.15, 0.2) is 0 Å². The van der Waals surface area contributed by atoms with Gasteiger partial charge >= 0.3 is 6.09 Å². The van der Waals surface area contributed by atoms with E-state index in [2.05, 4.69) is 9.47 Å². The van der Waals surface area contributed by atoms with Gasteiger partial charge < -0.3 is 14.6 Å². The van der Waals surface area contributed by atoms with E-state index in [-0.39, 0.29) is 0 Å². The zero-order valence-electron chi connectivity index (χ0n) is 5.25. The van der Waals surface area contributed by atoms with Gasteiger partial charge in [-0.15, -0.1) is 0 Å². The summed E-state index contributed by atoms with van der Waals surface area (Å²) >= 11 is 0. The van der Waals surface area contributed by atoms with Gasteiger partial charge in [0.05, 0.1) is 7.11 Å². The van der Waals surface area contributed by atoms with Gasteiger partial charge in [-0.2, -0.15) is 0 Å². The highest BCUT2D eigenvalue weighted by Crippen LogP contribution is 1.77. The van der Waals surface area contributed by atoms with Crippen LogP contribution in [0, 0.1) is 0 Å². The van der Waals surface area contributed by atoms with Crippen LogP contribution in [0.5, 0.6) is 0 Å². The summed E-state index contributed by atoms with van der Waals surface area (Å²) in [5, 5.41) is 10.5. The van der Waals surface area contributed by atoms with Crippen molar-refractivity contribution in [2.75, 3.05) is 14.2 Å². The minimum atomic E-state index is -1.29. The number of nitrogens with one attached hydrogen (secondary N) is 1. The third kappa shape index (κ3) is 3.75. The third-order valence-electron chi connectivity index (χ3n) is 0.650. The van der Waals surface area contributed by atoms with Crippen LogP contribution in [0.2, 0.25) is 0 Å². The first-order chi connectivity index (χ1) is 4.20. The zero-order valence-corrected chi connectivity index (χ0v) is 5.25. The summed E-state index contributed by atoms with van der Waals surface area (Å²) in [7, 11) is 2.44. The number of ether oxygens (including phenoxy) is 2. The Kier molecular flexibility index (Phi) is 3.74. The smallest absolute Gasteiger partial charge is 0.410 e. The molecule has 1 atom stereocenters. The van der Waals surface area contributed by atoms with E-state index in [1.807, 2.05) is 5.32 Å². The molecule has 0 radical (unpaired) electrons. The molecule has 0 saturated carbocycles. The number of carbonyl (C=O) groups excluding carboxylic acids is 1. The average molecular weight is 135 g/mol. The number of hydrogen-bond donors (Lipinski definition) is 2. The molecule has 0 fully saturated rings. The lowest BCUT2D eigenvalue weighted by molar-refractivity contribution is -0.0914. The van der Waals surface area contributed by atoms with Gasteiger partial charge in [-0.05, 0) is 0 Å². The van der Waals surface area contributed by atoms with Gasteiger partial charge in [0.1, 0.15) is 0 Å². The first kappa shape index (κ1) is 8.19. The summed E-state index contributed by atoms with van der Waals surface area (Å²) in [5.74, 6) is 0. The fourth-order valence-corrected chi connectivity index (χ4v) is 0.219. The van der Waals surface area contributed by atoms with Crippen LogP contribution in [0.1, 0.15) is 0 Å². The first-order valence-corrected chi connectivity index (χ1v) is 2.26. The second kappa shape index (κ2) is 4.11. The van der Waals surface area contributed by atoms with Gasteiger partial charge in [-0.25, -0.2) is 4.79 Å². The van der Waals surface area contributed by atoms with Crippen LogP contribution in [0.25, 0.3) is 0 Å². The average Bonchev–Trinajstić information content (AvgIpc) is 1.87. The van der Waals surface area contributed by atoms with E-state index in [9.17, 15) is 4.79 Å². The van der Waals surface area contributed by atoms with Gasteiger partial charge in [-0.1, -0.05) is 0 Å². The Morgan fingerprint density at radius 3 is 2.56 bits per heavy atom. The summed E-state index contributed by atoms with van der Waals surface area (Å²) in [5.41, 5.74) is 0. The fourth-order valence-electron chi connectivity index (χ4n) is 0.219. The van der Waals surface area contributed by atoms with E-state index < -0.39 is 12.5 Å². The molecule has 0 aliphatic rings. The van der Waals surface area contributed by atoms with Crippen molar-refractivity contribution in [2.45, 2.75) is 6.41 Å². The minimum Gasteiger partial charge on any atom is -0.453 e. The quantitative estimate of drug-likeness (QED) is 0.489. The minimum absolute atomic E-state index is 0.732. The molecule has 2 N–H and O–H groups in total. The predicted octanol–water partition coefficient (Wildman–Crippen LogP) is -0.735. The van der Waals surface area contributed by atoms with Crippen LogP contribution in [-0.2, 0) is 9.47 Å². The van der Waals surface area contributed by atoms with E-state index in [0.717, 1.165) is 0 Å². The molecule has 0 spiro atoms. The normalized spacial score (nSPS) is 12.3.